The number of aliphatic carboxylic acids is 1. The number of anilines is 1. The molecular weight excluding hydrogens is 427 g/mol. The minimum Gasteiger partial charge on any atom is -0.475 e. The molecule has 32 heavy (non-hydrogen) atoms. The van der Waals surface area contributed by atoms with Crippen LogP contribution in [0.3, 0.4) is 0 Å². The predicted molar refractivity (Wildman–Crippen MR) is 115 cm³/mol. The zero-order valence-corrected chi connectivity index (χ0v) is 18.4. The van der Waals surface area contributed by atoms with E-state index in [1.165, 1.54) is 5.56 Å². The van der Waals surface area contributed by atoms with E-state index in [1.54, 1.807) is 17.1 Å². The first kappa shape index (κ1) is 27.2. The van der Waals surface area contributed by atoms with Gasteiger partial charge in [0.25, 0.3) is 5.91 Å². The van der Waals surface area contributed by atoms with Gasteiger partial charge in [0.05, 0.1) is 6.04 Å². The van der Waals surface area contributed by atoms with Gasteiger partial charge >= 0.3 is 12.1 Å². The number of para-hydroxylation sites is 1. The molecule has 0 saturated heterocycles. The molecule has 0 aromatic heterocycles. The fourth-order valence-electron chi connectivity index (χ4n) is 3.02. The van der Waals surface area contributed by atoms with Crippen molar-refractivity contribution in [2.24, 2.45) is 11.7 Å². The van der Waals surface area contributed by atoms with E-state index in [9.17, 15) is 22.8 Å². The molecule has 1 heterocycles. The zero-order valence-electron chi connectivity index (χ0n) is 18.4. The van der Waals surface area contributed by atoms with Gasteiger partial charge in [-0.3, -0.25) is 9.59 Å². The van der Waals surface area contributed by atoms with E-state index in [-0.39, 0.29) is 17.9 Å². The molecule has 1 aliphatic heterocycles. The van der Waals surface area contributed by atoms with Crippen LogP contribution in [-0.4, -0.2) is 47.7 Å². The second-order valence-corrected chi connectivity index (χ2v) is 7.79. The van der Waals surface area contributed by atoms with Crippen LogP contribution in [0.1, 0.15) is 39.2 Å². The molecule has 4 N–H and O–H groups in total. The Bertz CT molecular complexity index is 825. The zero-order chi connectivity index (χ0) is 24.5. The normalized spacial score (nSPS) is 15.1. The molecule has 0 saturated carbocycles. The molecule has 1 aromatic rings. The van der Waals surface area contributed by atoms with Crippen molar-refractivity contribution in [2.75, 3.05) is 11.4 Å². The number of hydrogen-bond donors (Lipinski definition) is 3. The molecule has 178 valence electrons. The highest BCUT2D eigenvalue weighted by atomic mass is 19.4. The van der Waals surface area contributed by atoms with E-state index in [2.05, 4.69) is 25.2 Å². The first-order valence-corrected chi connectivity index (χ1v) is 10.3. The number of carboxylic acids is 1. The fourth-order valence-corrected chi connectivity index (χ4v) is 3.02. The predicted octanol–water partition coefficient (Wildman–Crippen LogP) is 3.03. The molecule has 0 bridgehead atoms. The third-order valence-electron chi connectivity index (χ3n) is 4.70. The number of rotatable bonds is 7. The summed E-state index contributed by atoms with van der Waals surface area (Å²) in [7, 11) is 0. The number of carboxylic acid groups (broad SMARTS) is 1. The number of fused-ring (bicyclic) bond motifs is 1. The number of carbonyl (C=O) groups is 3. The van der Waals surface area contributed by atoms with Crippen molar-refractivity contribution in [2.45, 2.75) is 58.3 Å². The maximum absolute atomic E-state index is 12.6. The number of alkyl halides is 3. The Morgan fingerprint density at radius 1 is 1.25 bits per heavy atom. The van der Waals surface area contributed by atoms with Crippen molar-refractivity contribution in [1.82, 2.24) is 5.32 Å². The van der Waals surface area contributed by atoms with Gasteiger partial charge in [0.2, 0.25) is 5.91 Å². The summed E-state index contributed by atoms with van der Waals surface area (Å²) in [4.78, 5) is 35.3. The number of hydrogen-bond acceptors (Lipinski definition) is 4. The van der Waals surface area contributed by atoms with E-state index in [4.69, 9.17) is 15.6 Å². The summed E-state index contributed by atoms with van der Waals surface area (Å²) in [5.74, 6) is -2.58. The van der Waals surface area contributed by atoms with Crippen molar-refractivity contribution >= 4 is 23.5 Å². The van der Waals surface area contributed by atoms with Crippen LogP contribution in [0, 0.1) is 5.92 Å². The lowest BCUT2D eigenvalue weighted by molar-refractivity contribution is -0.192. The lowest BCUT2D eigenvalue weighted by Gasteiger charge is -2.20. The Morgan fingerprint density at radius 3 is 2.38 bits per heavy atom. The number of nitrogens with one attached hydrogen (secondary N) is 1. The largest absolute Gasteiger partial charge is 0.490 e. The molecule has 1 aliphatic rings. The molecule has 0 fully saturated rings. The number of amides is 2. The van der Waals surface area contributed by atoms with Gasteiger partial charge < -0.3 is 21.1 Å². The van der Waals surface area contributed by atoms with E-state index < -0.39 is 18.2 Å². The van der Waals surface area contributed by atoms with Crippen LogP contribution in [0.25, 0.3) is 0 Å². The van der Waals surface area contributed by atoms with Gasteiger partial charge in [-0.15, -0.1) is 0 Å². The van der Waals surface area contributed by atoms with E-state index in [0.717, 1.165) is 18.5 Å². The van der Waals surface area contributed by atoms with Crippen LogP contribution < -0.4 is 16.0 Å². The number of halogens is 3. The minimum atomic E-state index is -5.08. The van der Waals surface area contributed by atoms with Gasteiger partial charge in [-0.05, 0) is 36.8 Å². The highest BCUT2D eigenvalue weighted by Crippen LogP contribution is 2.27. The fraction of sp³-hybridized carbons (Fsp3) is 0.500. The monoisotopic (exact) mass is 457 g/mol. The topological polar surface area (TPSA) is 113 Å². The van der Waals surface area contributed by atoms with Crippen LogP contribution in [0.5, 0.6) is 0 Å². The van der Waals surface area contributed by atoms with Gasteiger partial charge in [-0.1, -0.05) is 45.0 Å². The number of benzene rings is 1. The second kappa shape index (κ2) is 12.2. The van der Waals surface area contributed by atoms with Crippen molar-refractivity contribution in [1.29, 1.82) is 0 Å². The summed E-state index contributed by atoms with van der Waals surface area (Å²) in [5, 5.41) is 10.1. The maximum atomic E-state index is 12.6. The van der Waals surface area contributed by atoms with Crippen LogP contribution in [0.4, 0.5) is 18.9 Å². The highest BCUT2D eigenvalue weighted by Gasteiger charge is 2.38. The summed E-state index contributed by atoms with van der Waals surface area (Å²) in [6.07, 6.45) is 0.527. The van der Waals surface area contributed by atoms with Gasteiger partial charge in [0.15, 0.2) is 0 Å². The quantitative estimate of drug-likeness (QED) is 0.545. The van der Waals surface area contributed by atoms with Gasteiger partial charge in [-0.2, -0.15) is 13.2 Å². The average molecular weight is 457 g/mol. The van der Waals surface area contributed by atoms with E-state index >= 15 is 0 Å². The summed E-state index contributed by atoms with van der Waals surface area (Å²) in [5.41, 5.74) is 7.97. The summed E-state index contributed by atoms with van der Waals surface area (Å²) in [6, 6.07) is 7.27. The summed E-state index contributed by atoms with van der Waals surface area (Å²) in [6.45, 7) is 6.76. The van der Waals surface area contributed by atoms with Crippen molar-refractivity contribution < 1.29 is 32.7 Å². The van der Waals surface area contributed by atoms with Crippen LogP contribution in [-0.2, 0) is 20.8 Å². The molecule has 0 aliphatic carbocycles. The average Bonchev–Trinajstić information content (AvgIpc) is 3.14. The summed E-state index contributed by atoms with van der Waals surface area (Å²) < 4.78 is 31.7. The molecule has 1 aromatic carbocycles. The highest BCUT2D eigenvalue weighted by molar-refractivity contribution is 6.03. The molecule has 2 amide bonds. The maximum Gasteiger partial charge on any atom is 0.490 e. The molecular formula is C22H30F3N3O4. The van der Waals surface area contributed by atoms with Crippen molar-refractivity contribution in [3.8, 4) is 0 Å². The van der Waals surface area contributed by atoms with Crippen LogP contribution in [0.2, 0.25) is 0 Å². The van der Waals surface area contributed by atoms with Crippen molar-refractivity contribution in [3.05, 3.63) is 42.0 Å². The molecule has 2 atom stereocenters. The lowest BCUT2D eigenvalue weighted by atomic mass is 10.0. The Hall–Kier alpha value is -2.88. The summed E-state index contributed by atoms with van der Waals surface area (Å²) >= 11 is 0. The van der Waals surface area contributed by atoms with Gasteiger partial charge in [0.1, 0.15) is 0 Å². The Kier molecular flexibility index (Phi) is 10.4. The Morgan fingerprint density at radius 2 is 1.84 bits per heavy atom. The number of nitrogens with zero attached hydrogens (tertiary/aromatic N) is 1. The van der Waals surface area contributed by atoms with E-state index in [1.807, 2.05) is 25.1 Å². The molecule has 10 heteroatoms. The van der Waals surface area contributed by atoms with Gasteiger partial charge in [0, 0.05) is 24.4 Å². The molecule has 2 rings (SSSR count). The second-order valence-electron chi connectivity index (χ2n) is 7.79. The smallest absolute Gasteiger partial charge is 0.475 e. The molecule has 0 unspecified atom stereocenters. The standard InChI is InChI=1S/C20H29N3O2.C2HF3O2/c1-4-17(21)20(25)22-16(13-14(2)3)9-10-19(24)23-12-11-15-7-5-6-8-18(15)23;3-2(4,5)1(6)7/h5-10,14,16-17H,4,11-13,21H2,1-3H3,(H,22,25);(H,6,7)/b10-9+;/t16-,17+;/m1./s1. The van der Waals surface area contributed by atoms with Gasteiger partial charge in [-0.25, -0.2) is 4.79 Å². The molecule has 0 radical (unpaired) electrons. The minimum absolute atomic E-state index is 0.0484. The SMILES string of the molecule is CC[C@H](N)C(=O)N[C@H](/C=C/C(=O)N1CCc2ccccc21)CC(C)C.O=C(O)C(F)(F)F. The van der Waals surface area contributed by atoms with Crippen molar-refractivity contribution in [3.63, 3.8) is 0 Å². The first-order chi connectivity index (χ1) is 14.9. The first-order valence-electron chi connectivity index (χ1n) is 10.3. The van der Waals surface area contributed by atoms with Crippen LogP contribution >= 0.6 is 0 Å². The molecule has 0 spiro atoms. The van der Waals surface area contributed by atoms with Crippen LogP contribution in [0.15, 0.2) is 36.4 Å². The lowest BCUT2D eigenvalue weighted by Crippen LogP contribution is -2.45. The number of nitrogens with two attached hydrogens (primary N) is 1. The third kappa shape index (κ3) is 8.70. The Balaban J connectivity index is 0.000000633. The molecule has 7 nitrogen and oxygen atoms in total. The Labute approximate surface area is 185 Å². The number of carbonyl (C=O) groups excluding carboxylic acids is 2. The third-order valence-corrected chi connectivity index (χ3v) is 4.70. The van der Waals surface area contributed by atoms with E-state index in [0.29, 0.717) is 18.9 Å².